The van der Waals surface area contributed by atoms with Crippen LogP contribution in [0.1, 0.15) is 42.4 Å². The number of nitrogens with zero attached hydrogens (tertiary/aromatic N) is 1. The van der Waals surface area contributed by atoms with Crippen molar-refractivity contribution in [3.05, 3.63) is 65.0 Å². The number of piperidine rings is 1. The average Bonchev–Trinajstić information content (AvgIpc) is 2.69. The van der Waals surface area contributed by atoms with Gasteiger partial charge in [0, 0.05) is 13.1 Å². The third kappa shape index (κ3) is 4.78. The molecular formula is C22H27BFNO2. The molecule has 0 radical (unpaired) electrons. The van der Waals surface area contributed by atoms with Crippen LogP contribution in [0.2, 0.25) is 6.82 Å². The van der Waals surface area contributed by atoms with Crippen LogP contribution < -0.4 is 5.46 Å². The van der Waals surface area contributed by atoms with E-state index < -0.39 is 12.7 Å². The van der Waals surface area contributed by atoms with Crippen LogP contribution in [0.15, 0.2) is 42.5 Å². The zero-order valence-electron chi connectivity index (χ0n) is 16.1. The molecule has 3 rings (SSSR count). The van der Waals surface area contributed by atoms with E-state index in [0.29, 0.717) is 30.0 Å². The molecule has 0 saturated carbocycles. The fourth-order valence-electron chi connectivity index (χ4n) is 3.77. The van der Waals surface area contributed by atoms with Crippen molar-refractivity contribution in [3.8, 4) is 0 Å². The number of carbonyl (C=O) groups excluding carboxylic acids is 1. The Morgan fingerprint density at radius 3 is 2.59 bits per heavy atom. The van der Waals surface area contributed by atoms with Crippen molar-refractivity contribution in [2.45, 2.75) is 45.3 Å². The summed E-state index contributed by atoms with van der Waals surface area (Å²) in [5, 5.41) is 9.53. The smallest absolute Gasteiger partial charge is 0.320 e. The maximum absolute atomic E-state index is 14.2. The van der Waals surface area contributed by atoms with Crippen molar-refractivity contribution >= 4 is 18.3 Å². The first-order valence-corrected chi connectivity index (χ1v) is 9.81. The number of halogens is 1. The highest BCUT2D eigenvalue weighted by atomic mass is 19.1. The first-order valence-electron chi connectivity index (χ1n) is 9.81. The van der Waals surface area contributed by atoms with Gasteiger partial charge >= 0.3 is 6.92 Å². The molecule has 1 aliphatic rings. The summed E-state index contributed by atoms with van der Waals surface area (Å²) in [4.78, 5) is 14.4. The minimum Gasteiger partial charge on any atom is -0.446 e. The molecule has 0 aliphatic carbocycles. The standard InChI is InChI=1S/C22H27BFNO2/c1-3-16-5-4-6-18(13-16)17-9-11-25(12-10-17)22(26)14-19-7-8-20(23(2)27)15-21(19)24/h4-8,13,15,17,27H,3,9-12,14H2,1-2H3. The van der Waals surface area contributed by atoms with E-state index in [1.165, 1.54) is 17.2 Å². The molecule has 1 heterocycles. The molecule has 1 amide bonds. The lowest BCUT2D eigenvalue weighted by molar-refractivity contribution is -0.131. The number of hydrogen-bond donors (Lipinski definition) is 1. The van der Waals surface area contributed by atoms with Gasteiger partial charge in [-0.15, -0.1) is 0 Å². The predicted molar refractivity (Wildman–Crippen MR) is 108 cm³/mol. The Morgan fingerprint density at radius 2 is 1.96 bits per heavy atom. The Labute approximate surface area is 161 Å². The fourth-order valence-corrected chi connectivity index (χ4v) is 3.77. The second-order valence-electron chi connectivity index (χ2n) is 7.46. The normalized spacial score (nSPS) is 15.0. The molecule has 1 aliphatic heterocycles. The Hall–Kier alpha value is -2.14. The van der Waals surface area contributed by atoms with E-state index in [1.807, 2.05) is 4.90 Å². The molecule has 142 valence electrons. The number of amides is 1. The lowest BCUT2D eigenvalue weighted by atomic mass is 9.64. The Bertz CT molecular complexity index is 801. The Morgan fingerprint density at radius 1 is 1.22 bits per heavy atom. The monoisotopic (exact) mass is 367 g/mol. The van der Waals surface area contributed by atoms with Gasteiger partial charge in [0.2, 0.25) is 5.91 Å². The minimum atomic E-state index is -0.713. The molecule has 1 fully saturated rings. The van der Waals surface area contributed by atoms with E-state index in [4.69, 9.17) is 0 Å². The molecule has 2 aromatic rings. The molecule has 0 unspecified atom stereocenters. The van der Waals surface area contributed by atoms with Gasteiger partial charge in [0.1, 0.15) is 5.82 Å². The fraction of sp³-hybridized carbons (Fsp3) is 0.409. The zero-order chi connectivity index (χ0) is 19.4. The highest BCUT2D eigenvalue weighted by molar-refractivity contribution is 6.64. The predicted octanol–water partition coefficient (Wildman–Crippen LogP) is 3.16. The Kier molecular flexibility index (Phi) is 6.32. The van der Waals surface area contributed by atoms with Crippen LogP contribution >= 0.6 is 0 Å². The van der Waals surface area contributed by atoms with Gasteiger partial charge in [-0.3, -0.25) is 4.79 Å². The summed E-state index contributed by atoms with van der Waals surface area (Å²) in [6.07, 6.45) is 3.00. The van der Waals surface area contributed by atoms with Crippen molar-refractivity contribution in [1.82, 2.24) is 4.90 Å². The van der Waals surface area contributed by atoms with Gasteiger partial charge in [-0.2, -0.15) is 0 Å². The molecule has 2 aromatic carbocycles. The molecule has 0 aromatic heterocycles. The molecule has 3 nitrogen and oxygen atoms in total. The molecule has 0 atom stereocenters. The summed E-state index contributed by atoms with van der Waals surface area (Å²) < 4.78 is 14.2. The summed E-state index contributed by atoms with van der Waals surface area (Å²) in [5.41, 5.74) is 3.63. The van der Waals surface area contributed by atoms with E-state index in [1.54, 1.807) is 19.0 Å². The first-order chi connectivity index (χ1) is 13.0. The molecule has 1 saturated heterocycles. The maximum atomic E-state index is 14.2. The lowest BCUT2D eigenvalue weighted by Gasteiger charge is -2.32. The zero-order valence-corrected chi connectivity index (χ0v) is 16.1. The largest absolute Gasteiger partial charge is 0.446 e. The number of rotatable bonds is 5. The van der Waals surface area contributed by atoms with Gasteiger partial charge in [0.25, 0.3) is 0 Å². The van der Waals surface area contributed by atoms with Crippen LogP contribution in [0, 0.1) is 5.82 Å². The highest BCUT2D eigenvalue weighted by Crippen LogP contribution is 2.29. The molecular weight excluding hydrogens is 340 g/mol. The maximum Gasteiger partial charge on any atom is 0.320 e. The van der Waals surface area contributed by atoms with Crippen LogP contribution in [-0.2, 0) is 17.6 Å². The number of carbonyl (C=O) groups is 1. The lowest BCUT2D eigenvalue weighted by Crippen LogP contribution is -2.39. The van der Waals surface area contributed by atoms with Crippen molar-refractivity contribution < 1.29 is 14.2 Å². The summed E-state index contributed by atoms with van der Waals surface area (Å²) in [7, 11) is 0. The summed E-state index contributed by atoms with van der Waals surface area (Å²) in [6, 6.07) is 13.3. The van der Waals surface area contributed by atoms with Crippen molar-refractivity contribution in [1.29, 1.82) is 0 Å². The average molecular weight is 367 g/mol. The number of hydrogen-bond acceptors (Lipinski definition) is 2. The number of aryl methyl sites for hydroxylation is 1. The summed E-state index contributed by atoms with van der Waals surface area (Å²) >= 11 is 0. The third-order valence-electron chi connectivity index (χ3n) is 5.58. The van der Waals surface area contributed by atoms with Gasteiger partial charge in [0.05, 0.1) is 6.42 Å². The molecule has 0 bridgehead atoms. The van der Waals surface area contributed by atoms with Gasteiger partial charge in [0.15, 0.2) is 0 Å². The quantitative estimate of drug-likeness (QED) is 0.825. The topological polar surface area (TPSA) is 40.5 Å². The van der Waals surface area contributed by atoms with Crippen molar-refractivity contribution in [2.24, 2.45) is 0 Å². The summed E-state index contributed by atoms with van der Waals surface area (Å²) in [5.74, 6) is 0.0371. The van der Waals surface area contributed by atoms with Crippen LogP contribution in [0.3, 0.4) is 0 Å². The van der Waals surface area contributed by atoms with Crippen molar-refractivity contribution in [3.63, 3.8) is 0 Å². The molecule has 1 N–H and O–H groups in total. The molecule has 5 heteroatoms. The van der Waals surface area contributed by atoms with E-state index in [2.05, 4.69) is 31.2 Å². The summed E-state index contributed by atoms with van der Waals surface area (Å²) in [6.45, 7) is 4.47. The van der Waals surface area contributed by atoms with Crippen LogP contribution in [-0.4, -0.2) is 35.8 Å². The SMILES string of the molecule is CCc1cccc(C2CCN(C(=O)Cc3ccc(B(C)O)cc3F)CC2)c1. The highest BCUT2D eigenvalue weighted by Gasteiger charge is 2.24. The Balaban J connectivity index is 1.58. The van der Waals surface area contributed by atoms with Gasteiger partial charge in [-0.25, -0.2) is 4.39 Å². The van der Waals surface area contributed by atoms with E-state index in [0.717, 1.165) is 19.3 Å². The van der Waals surface area contributed by atoms with Crippen LogP contribution in [0.5, 0.6) is 0 Å². The van der Waals surface area contributed by atoms with E-state index in [9.17, 15) is 14.2 Å². The van der Waals surface area contributed by atoms with Gasteiger partial charge < -0.3 is 9.92 Å². The first kappa shape index (κ1) is 19.6. The van der Waals surface area contributed by atoms with Crippen LogP contribution in [0.25, 0.3) is 0 Å². The van der Waals surface area contributed by atoms with Gasteiger partial charge in [-0.05, 0) is 53.4 Å². The van der Waals surface area contributed by atoms with E-state index in [-0.39, 0.29) is 12.3 Å². The van der Waals surface area contributed by atoms with Gasteiger partial charge in [-0.1, -0.05) is 50.1 Å². The second kappa shape index (κ2) is 8.70. The second-order valence-corrected chi connectivity index (χ2v) is 7.46. The molecule has 27 heavy (non-hydrogen) atoms. The molecule has 0 spiro atoms. The minimum absolute atomic E-state index is 0.0283. The third-order valence-corrected chi connectivity index (χ3v) is 5.58. The number of likely N-dealkylation sites (tertiary alicyclic amines) is 1. The number of benzene rings is 2. The van der Waals surface area contributed by atoms with E-state index >= 15 is 0 Å². The van der Waals surface area contributed by atoms with Crippen LogP contribution in [0.4, 0.5) is 4.39 Å². The van der Waals surface area contributed by atoms with Crippen molar-refractivity contribution in [2.75, 3.05) is 13.1 Å².